The van der Waals surface area contributed by atoms with Gasteiger partial charge in [0.05, 0.1) is 44.1 Å². The third-order valence-electron chi connectivity index (χ3n) is 4.02. The maximum atomic E-state index is 5.48. The average Bonchev–Trinajstić information content (AvgIpc) is 2.70. The highest BCUT2D eigenvalue weighted by atomic mass is 127. The van der Waals surface area contributed by atoms with Crippen LogP contribution in [0.3, 0.4) is 0 Å². The predicted molar refractivity (Wildman–Crippen MR) is 124 cm³/mol. The molecule has 1 fully saturated rings. The molecule has 1 aromatic rings. The van der Waals surface area contributed by atoms with Crippen LogP contribution < -0.4 is 15.0 Å². The van der Waals surface area contributed by atoms with Gasteiger partial charge >= 0.3 is 0 Å². The molecule has 0 amide bonds. The first kappa shape index (κ1) is 25.1. The van der Waals surface area contributed by atoms with Gasteiger partial charge in [-0.2, -0.15) is 4.98 Å². The van der Waals surface area contributed by atoms with Crippen LogP contribution in [-0.4, -0.2) is 94.1 Å². The molecule has 0 unspecified atom stereocenters. The van der Waals surface area contributed by atoms with Gasteiger partial charge < -0.3 is 29.3 Å². The van der Waals surface area contributed by atoms with Crippen LogP contribution in [0.5, 0.6) is 5.88 Å². The maximum absolute atomic E-state index is 5.48. The smallest absolute Gasteiger partial charge is 0.232 e. The summed E-state index contributed by atoms with van der Waals surface area (Å²) in [5.74, 6) is 2.15. The first-order chi connectivity index (χ1) is 13.2. The number of methoxy groups -OCH3 is 2. The van der Waals surface area contributed by atoms with E-state index < -0.39 is 0 Å². The van der Waals surface area contributed by atoms with Crippen molar-refractivity contribution in [2.24, 2.45) is 4.99 Å². The number of hydrogen-bond donors (Lipinski definition) is 1. The van der Waals surface area contributed by atoms with Crippen molar-refractivity contribution in [2.75, 3.05) is 78.2 Å². The molecule has 0 atom stereocenters. The quantitative estimate of drug-likeness (QED) is 0.207. The zero-order valence-electron chi connectivity index (χ0n) is 16.7. The monoisotopic (exact) mass is 572 g/mol. The normalized spacial score (nSPS) is 14.6. The third-order valence-corrected chi connectivity index (χ3v) is 4.56. The summed E-state index contributed by atoms with van der Waals surface area (Å²) in [5.41, 5.74) is 0. The van der Waals surface area contributed by atoms with Crippen molar-refractivity contribution in [1.29, 1.82) is 0 Å². The molecule has 28 heavy (non-hydrogen) atoms. The second-order valence-corrected chi connectivity index (χ2v) is 6.70. The molecule has 0 radical (unpaired) electrons. The summed E-state index contributed by atoms with van der Waals surface area (Å²) in [5, 5.41) is 3.35. The van der Waals surface area contributed by atoms with Gasteiger partial charge in [0.1, 0.15) is 0 Å². The van der Waals surface area contributed by atoms with Crippen molar-refractivity contribution in [3.8, 4) is 5.88 Å². The topological polar surface area (TPSA) is 84.3 Å². The molecule has 2 rings (SSSR count). The van der Waals surface area contributed by atoms with E-state index in [1.807, 2.05) is 0 Å². The van der Waals surface area contributed by atoms with Crippen LogP contribution >= 0.6 is 39.9 Å². The summed E-state index contributed by atoms with van der Waals surface area (Å²) in [6, 6.07) is 0. The Kier molecular flexibility index (Phi) is 12.7. The number of ether oxygens (including phenoxy) is 3. The number of anilines is 1. The molecule has 11 heteroatoms. The maximum Gasteiger partial charge on any atom is 0.232 e. The van der Waals surface area contributed by atoms with Crippen molar-refractivity contribution < 1.29 is 14.2 Å². The Balaban J connectivity index is 0.00000392. The number of aliphatic imine (C=N–C) groups is 1. The molecule has 0 saturated carbocycles. The summed E-state index contributed by atoms with van der Waals surface area (Å²) in [4.78, 5) is 17.9. The zero-order chi connectivity index (χ0) is 19.5. The second-order valence-electron chi connectivity index (χ2n) is 5.84. The lowest BCUT2D eigenvalue weighted by Gasteiger charge is -2.36. The van der Waals surface area contributed by atoms with E-state index in [0.29, 0.717) is 38.2 Å². The van der Waals surface area contributed by atoms with Gasteiger partial charge in [-0.15, -0.1) is 24.0 Å². The van der Waals surface area contributed by atoms with E-state index in [1.54, 1.807) is 20.4 Å². The van der Waals surface area contributed by atoms with Crippen LogP contribution in [-0.2, 0) is 9.47 Å². The first-order valence-corrected chi connectivity index (χ1v) is 9.90. The summed E-state index contributed by atoms with van der Waals surface area (Å²) in [6.45, 7) is 8.64. The third kappa shape index (κ3) is 7.84. The fraction of sp³-hybridized carbons (Fsp3) is 0.706. The molecule has 0 bridgehead atoms. The number of nitrogens with one attached hydrogen (secondary N) is 1. The van der Waals surface area contributed by atoms with Gasteiger partial charge in [0.25, 0.3) is 0 Å². The minimum absolute atomic E-state index is 0. The Morgan fingerprint density at radius 2 is 1.96 bits per heavy atom. The van der Waals surface area contributed by atoms with Crippen molar-refractivity contribution in [2.45, 2.75) is 6.92 Å². The van der Waals surface area contributed by atoms with Crippen molar-refractivity contribution in [3.05, 3.63) is 10.7 Å². The van der Waals surface area contributed by atoms with Crippen LogP contribution in [0.15, 0.2) is 15.7 Å². The number of aromatic nitrogens is 2. The molecule has 0 aliphatic carbocycles. The molecule has 0 aromatic carbocycles. The zero-order valence-corrected chi connectivity index (χ0v) is 20.6. The van der Waals surface area contributed by atoms with Gasteiger partial charge in [0.2, 0.25) is 11.8 Å². The Morgan fingerprint density at radius 3 is 2.61 bits per heavy atom. The molecule has 2 heterocycles. The summed E-state index contributed by atoms with van der Waals surface area (Å²) < 4.78 is 16.5. The number of rotatable bonds is 9. The molecule has 0 spiro atoms. The van der Waals surface area contributed by atoms with Crippen LogP contribution in [0.1, 0.15) is 6.92 Å². The van der Waals surface area contributed by atoms with Crippen molar-refractivity contribution in [1.82, 2.24) is 20.2 Å². The van der Waals surface area contributed by atoms with Crippen LogP contribution in [0.4, 0.5) is 5.95 Å². The SMILES string of the molecule is CCNC(=NCCOCCOC)N1CCN(c2ncc(Br)c(OC)n2)CC1.I. The van der Waals surface area contributed by atoms with E-state index >= 15 is 0 Å². The lowest BCUT2D eigenvalue weighted by Crippen LogP contribution is -2.53. The van der Waals surface area contributed by atoms with E-state index in [9.17, 15) is 0 Å². The Labute approximate surface area is 192 Å². The van der Waals surface area contributed by atoms with Gasteiger partial charge in [-0.25, -0.2) is 4.98 Å². The van der Waals surface area contributed by atoms with Crippen molar-refractivity contribution in [3.63, 3.8) is 0 Å². The molecule has 1 N–H and O–H groups in total. The molecule has 160 valence electrons. The van der Waals surface area contributed by atoms with Gasteiger partial charge in [-0.1, -0.05) is 0 Å². The number of nitrogens with zero attached hydrogens (tertiary/aromatic N) is 5. The fourth-order valence-electron chi connectivity index (χ4n) is 2.64. The second kappa shape index (κ2) is 14.1. The number of guanidine groups is 1. The van der Waals surface area contributed by atoms with Gasteiger partial charge in [0, 0.05) is 39.8 Å². The van der Waals surface area contributed by atoms with E-state index in [0.717, 1.165) is 43.2 Å². The van der Waals surface area contributed by atoms with Gasteiger partial charge in [-0.3, -0.25) is 4.99 Å². The first-order valence-electron chi connectivity index (χ1n) is 9.11. The largest absolute Gasteiger partial charge is 0.480 e. The lowest BCUT2D eigenvalue weighted by atomic mass is 10.3. The van der Waals surface area contributed by atoms with Crippen LogP contribution in [0.2, 0.25) is 0 Å². The number of piperazine rings is 1. The van der Waals surface area contributed by atoms with Crippen LogP contribution in [0.25, 0.3) is 0 Å². The molecule has 1 saturated heterocycles. The minimum atomic E-state index is 0. The average molecular weight is 573 g/mol. The lowest BCUT2D eigenvalue weighted by molar-refractivity contribution is 0.0747. The van der Waals surface area contributed by atoms with E-state index in [2.05, 4.69) is 52.9 Å². The summed E-state index contributed by atoms with van der Waals surface area (Å²) >= 11 is 3.39. The van der Waals surface area contributed by atoms with Gasteiger partial charge in [0.15, 0.2) is 5.96 Å². The highest BCUT2D eigenvalue weighted by molar-refractivity contribution is 14.0. The van der Waals surface area contributed by atoms with Crippen LogP contribution in [0, 0.1) is 0 Å². The standard InChI is InChI=1S/C17H29BrN6O3.HI/c1-4-19-16(20-5-10-27-12-11-25-2)23-6-8-24(9-7-23)17-21-13-14(18)15(22-17)26-3;/h13H,4-12H2,1-3H3,(H,19,20);1H. The molecule has 1 aliphatic rings. The van der Waals surface area contributed by atoms with E-state index in [4.69, 9.17) is 14.2 Å². The number of halogens is 2. The summed E-state index contributed by atoms with van der Waals surface area (Å²) in [7, 11) is 3.27. The Morgan fingerprint density at radius 1 is 1.21 bits per heavy atom. The molecular formula is C17H30BrIN6O3. The highest BCUT2D eigenvalue weighted by Crippen LogP contribution is 2.23. The van der Waals surface area contributed by atoms with E-state index in [1.165, 1.54) is 0 Å². The van der Waals surface area contributed by atoms with Gasteiger partial charge in [-0.05, 0) is 22.9 Å². The molecule has 1 aliphatic heterocycles. The highest BCUT2D eigenvalue weighted by Gasteiger charge is 2.22. The molecular weight excluding hydrogens is 543 g/mol. The summed E-state index contributed by atoms with van der Waals surface area (Å²) in [6.07, 6.45) is 1.72. The van der Waals surface area contributed by atoms with E-state index in [-0.39, 0.29) is 24.0 Å². The van der Waals surface area contributed by atoms with Crippen molar-refractivity contribution >= 4 is 51.8 Å². The predicted octanol–water partition coefficient (Wildman–Crippen LogP) is 1.62. The molecule has 9 nitrogen and oxygen atoms in total. The Hall–Kier alpha value is -0.920. The fourth-order valence-corrected chi connectivity index (χ4v) is 3.00. The molecule has 1 aromatic heterocycles. The number of hydrogen-bond acceptors (Lipinski definition) is 7. The minimum Gasteiger partial charge on any atom is -0.480 e. The Bertz CT molecular complexity index is 602.